The van der Waals surface area contributed by atoms with E-state index < -0.39 is 11.0 Å². The van der Waals surface area contributed by atoms with Crippen LogP contribution in [-0.2, 0) is 14.4 Å². The second kappa shape index (κ2) is 7.88. The van der Waals surface area contributed by atoms with Crippen molar-refractivity contribution in [3.63, 3.8) is 0 Å². The smallest absolute Gasteiger partial charge is 0.219 e. The van der Waals surface area contributed by atoms with Crippen molar-refractivity contribution in [2.75, 3.05) is 32.7 Å². The van der Waals surface area contributed by atoms with Gasteiger partial charge in [-0.15, -0.1) is 0 Å². The number of aliphatic hydroxyl groups is 1. The fraction of sp³-hybridized carbons (Fsp3) is 0.741. The number of hydrogen-bond acceptors (Lipinski definition) is 5. The third-order valence-electron chi connectivity index (χ3n) is 10.1. The number of rotatable bonds is 3. The molecule has 0 aromatic rings. The minimum Gasteiger partial charge on any atom is -0.381 e. The van der Waals surface area contributed by atoms with Crippen molar-refractivity contribution in [2.45, 2.75) is 71.3 Å². The van der Waals surface area contributed by atoms with Crippen molar-refractivity contribution in [3.8, 4) is 0 Å². The highest BCUT2D eigenvalue weighted by molar-refractivity contribution is 5.92. The van der Waals surface area contributed by atoms with Gasteiger partial charge in [-0.1, -0.05) is 31.1 Å². The Morgan fingerprint density at radius 3 is 2.52 bits per heavy atom. The second-order valence-corrected chi connectivity index (χ2v) is 11.6. The zero-order valence-corrected chi connectivity index (χ0v) is 20.4. The fourth-order valence-electron chi connectivity index (χ4n) is 7.88. The number of hydrogen-bond donors (Lipinski definition) is 1. The number of fused-ring (bicyclic) bond motifs is 5. The molecule has 6 nitrogen and oxygen atoms in total. The van der Waals surface area contributed by atoms with Crippen LogP contribution >= 0.6 is 0 Å². The lowest BCUT2D eigenvalue weighted by Gasteiger charge is -2.54. The Morgan fingerprint density at radius 2 is 1.82 bits per heavy atom. The molecular weight excluding hydrogens is 416 g/mol. The average molecular weight is 455 g/mol. The van der Waals surface area contributed by atoms with Crippen molar-refractivity contribution in [1.82, 2.24) is 9.80 Å². The molecule has 6 heteroatoms. The van der Waals surface area contributed by atoms with Crippen LogP contribution in [0.15, 0.2) is 23.3 Å². The Labute approximate surface area is 197 Å². The molecule has 180 valence electrons. The molecule has 1 heterocycles. The zero-order chi connectivity index (χ0) is 23.6. The van der Waals surface area contributed by atoms with Crippen molar-refractivity contribution in [1.29, 1.82) is 0 Å². The number of carbonyl (C=O) groups excluding carboxylic acids is 3. The third-order valence-corrected chi connectivity index (χ3v) is 10.1. The van der Waals surface area contributed by atoms with Crippen LogP contribution in [0.2, 0.25) is 0 Å². The lowest BCUT2D eigenvalue weighted by atomic mass is 9.50. The highest BCUT2D eigenvalue weighted by atomic mass is 16.3. The summed E-state index contributed by atoms with van der Waals surface area (Å²) in [5, 5.41) is 11.9. The monoisotopic (exact) mass is 454 g/mol. The van der Waals surface area contributed by atoms with Crippen molar-refractivity contribution >= 4 is 17.5 Å². The number of nitrogens with zero attached hydrogens (tertiary/aromatic N) is 2. The van der Waals surface area contributed by atoms with Crippen molar-refractivity contribution in [3.05, 3.63) is 23.3 Å². The molecule has 1 N–H and O–H groups in total. The van der Waals surface area contributed by atoms with E-state index in [4.69, 9.17) is 0 Å². The van der Waals surface area contributed by atoms with Crippen LogP contribution in [0, 0.1) is 22.7 Å². The van der Waals surface area contributed by atoms with E-state index >= 15 is 0 Å². The van der Waals surface area contributed by atoms with E-state index in [1.165, 1.54) is 11.1 Å². The van der Waals surface area contributed by atoms with Gasteiger partial charge >= 0.3 is 0 Å². The second-order valence-electron chi connectivity index (χ2n) is 11.6. The van der Waals surface area contributed by atoms with E-state index in [2.05, 4.69) is 24.8 Å². The topological polar surface area (TPSA) is 77.9 Å². The summed E-state index contributed by atoms with van der Waals surface area (Å²) < 4.78 is 0. The van der Waals surface area contributed by atoms with Crippen LogP contribution in [0.5, 0.6) is 0 Å². The number of piperazine rings is 1. The standard InChI is InChI=1S/C27H38N2O4/c1-18(30)29-14-12-28(13-15-29)17-24(32)27(33)11-8-23-21-5-4-19-16-20(31)6-9-25(19,2)22(21)7-10-26(23,27)3/h7,16,21,23,33H,4-6,8-15,17H2,1-3H3/t21-,23+,25+,26+,27+/m1/s1. The van der Waals surface area contributed by atoms with E-state index in [9.17, 15) is 19.5 Å². The summed E-state index contributed by atoms with van der Waals surface area (Å²) in [5.41, 5.74) is 0.989. The van der Waals surface area contributed by atoms with Gasteiger partial charge in [0.2, 0.25) is 5.91 Å². The lowest BCUT2D eigenvalue weighted by Crippen LogP contribution is -2.58. The predicted octanol–water partition coefficient (Wildman–Crippen LogP) is 2.90. The maximum absolute atomic E-state index is 13.6. The normalized spacial score (nSPS) is 41.0. The van der Waals surface area contributed by atoms with Gasteiger partial charge in [-0.3, -0.25) is 19.3 Å². The van der Waals surface area contributed by atoms with Crippen molar-refractivity contribution < 1.29 is 19.5 Å². The third kappa shape index (κ3) is 3.39. The molecule has 2 saturated carbocycles. The summed E-state index contributed by atoms with van der Waals surface area (Å²) >= 11 is 0. The first-order valence-electron chi connectivity index (χ1n) is 12.8. The molecule has 4 aliphatic carbocycles. The van der Waals surface area contributed by atoms with Crippen LogP contribution in [-0.4, -0.2) is 70.7 Å². The predicted molar refractivity (Wildman–Crippen MR) is 125 cm³/mol. The fourth-order valence-corrected chi connectivity index (χ4v) is 7.88. The van der Waals surface area contributed by atoms with Gasteiger partial charge in [0.25, 0.3) is 0 Å². The number of ketones is 2. The van der Waals surface area contributed by atoms with E-state index in [1.54, 1.807) is 6.92 Å². The van der Waals surface area contributed by atoms with Gasteiger partial charge in [0, 0.05) is 50.4 Å². The SMILES string of the molecule is CC(=O)N1CCN(CC(=O)[C@@]2(O)CC[C@H]3[C@@H]4CCC5=CC(=O)CC[C@]5(C)C4=CC[C@@]32C)CC1. The van der Waals surface area contributed by atoms with Gasteiger partial charge in [0.1, 0.15) is 5.60 Å². The number of allylic oxidation sites excluding steroid dienone is 4. The summed E-state index contributed by atoms with van der Waals surface area (Å²) in [6.45, 7) is 8.95. The maximum atomic E-state index is 13.6. The number of carbonyl (C=O) groups is 3. The molecule has 0 bridgehead atoms. The Bertz CT molecular complexity index is 946. The van der Waals surface area contributed by atoms with Crippen molar-refractivity contribution in [2.24, 2.45) is 22.7 Å². The van der Waals surface area contributed by atoms with Gasteiger partial charge in [0.05, 0.1) is 6.54 Å². The summed E-state index contributed by atoms with van der Waals surface area (Å²) in [6, 6.07) is 0. The van der Waals surface area contributed by atoms with Crippen LogP contribution < -0.4 is 0 Å². The molecule has 33 heavy (non-hydrogen) atoms. The Morgan fingerprint density at radius 1 is 1.09 bits per heavy atom. The summed E-state index contributed by atoms with van der Waals surface area (Å²) in [5.74, 6) is 0.979. The van der Waals surface area contributed by atoms with E-state index in [0.29, 0.717) is 50.9 Å². The molecule has 0 spiro atoms. The quantitative estimate of drug-likeness (QED) is 0.664. The number of Topliss-reactive ketones (excluding diaryl/α,β-unsaturated/α-hetero) is 1. The van der Waals surface area contributed by atoms with Crippen LogP contribution in [0.25, 0.3) is 0 Å². The molecule has 3 fully saturated rings. The molecule has 1 amide bonds. The van der Waals surface area contributed by atoms with Crippen LogP contribution in [0.4, 0.5) is 0 Å². The molecule has 5 aliphatic rings. The molecule has 5 rings (SSSR count). The first-order chi connectivity index (χ1) is 15.6. The van der Waals surface area contributed by atoms with Crippen LogP contribution in [0.3, 0.4) is 0 Å². The van der Waals surface area contributed by atoms with Gasteiger partial charge in [-0.2, -0.15) is 0 Å². The van der Waals surface area contributed by atoms with Gasteiger partial charge in [-0.05, 0) is 56.4 Å². The highest BCUT2D eigenvalue weighted by Gasteiger charge is 2.64. The molecule has 0 aromatic heterocycles. The van der Waals surface area contributed by atoms with E-state index in [0.717, 1.165) is 32.1 Å². The molecule has 1 saturated heterocycles. The molecule has 0 radical (unpaired) electrons. The average Bonchev–Trinajstić information content (AvgIpc) is 3.06. The van der Waals surface area contributed by atoms with E-state index in [1.807, 2.05) is 11.0 Å². The Kier molecular flexibility index (Phi) is 5.48. The van der Waals surface area contributed by atoms with Gasteiger partial charge < -0.3 is 10.0 Å². The molecule has 5 atom stereocenters. The maximum Gasteiger partial charge on any atom is 0.219 e. The lowest BCUT2D eigenvalue weighted by molar-refractivity contribution is -0.154. The van der Waals surface area contributed by atoms with Crippen LogP contribution in [0.1, 0.15) is 65.7 Å². The minimum absolute atomic E-state index is 0.0285. The summed E-state index contributed by atoms with van der Waals surface area (Å²) in [6.07, 6.45) is 9.84. The summed E-state index contributed by atoms with van der Waals surface area (Å²) in [4.78, 5) is 41.1. The molecule has 0 aromatic carbocycles. The zero-order valence-electron chi connectivity index (χ0n) is 20.4. The molecular formula is C27H38N2O4. The number of amides is 1. The minimum atomic E-state index is -1.29. The molecule has 0 unspecified atom stereocenters. The largest absolute Gasteiger partial charge is 0.381 e. The first-order valence-corrected chi connectivity index (χ1v) is 12.8. The van der Waals surface area contributed by atoms with E-state index in [-0.39, 0.29) is 29.4 Å². The summed E-state index contributed by atoms with van der Waals surface area (Å²) in [7, 11) is 0. The Hall–Kier alpha value is -1.79. The van der Waals surface area contributed by atoms with Gasteiger partial charge in [-0.25, -0.2) is 0 Å². The Balaban J connectivity index is 1.35. The van der Waals surface area contributed by atoms with Gasteiger partial charge in [0.15, 0.2) is 11.6 Å². The molecule has 1 aliphatic heterocycles. The first kappa shape index (κ1) is 23.0. The highest BCUT2D eigenvalue weighted by Crippen LogP contribution is 2.65.